The summed E-state index contributed by atoms with van der Waals surface area (Å²) in [5.41, 5.74) is 1.73. The molecule has 0 saturated heterocycles. The molecule has 1 aliphatic rings. The van der Waals surface area contributed by atoms with E-state index in [1.165, 1.54) is 48.5 Å². The first-order valence-corrected chi connectivity index (χ1v) is 15.1. The van der Waals surface area contributed by atoms with Crippen LogP contribution in [-0.2, 0) is 16.1 Å². The maximum atomic E-state index is 13.9. The highest BCUT2D eigenvalue weighted by Crippen LogP contribution is 2.35. The Balaban J connectivity index is 1.51. The largest absolute Gasteiger partial charge is 0.493 e. The van der Waals surface area contributed by atoms with E-state index < -0.39 is 16.9 Å². The van der Waals surface area contributed by atoms with Crippen LogP contribution in [0.3, 0.4) is 0 Å². The summed E-state index contributed by atoms with van der Waals surface area (Å²) >= 11 is 1.18. The molecule has 1 atom stereocenters. The molecule has 5 rings (SSSR count). The fourth-order valence-corrected chi connectivity index (χ4v) is 5.92. The van der Waals surface area contributed by atoms with Gasteiger partial charge in [0.2, 0.25) is 0 Å². The van der Waals surface area contributed by atoms with Crippen molar-refractivity contribution in [3.8, 4) is 23.0 Å². The molecule has 0 N–H and O–H groups in total. The monoisotopic (exact) mass is 645 g/mol. The summed E-state index contributed by atoms with van der Waals surface area (Å²) in [4.78, 5) is 42.3. The lowest BCUT2D eigenvalue weighted by Gasteiger charge is -2.23. The second kappa shape index (κ2) is 14.1. The lowest BCUT2D eigenvalue weighted by Crippen LogP contribution is -2.39. The normalized spacial score (nSPS) is 14.0. The molecule has 0 amide bonds. The molecule has 3 aromatic carbocycles. The van der Waals surface area contributed by atoms with Crippen LogP contribution in [0.15, 0.2) is 82.2 Å². The van der Waals surface area contributed by atoms with Crippen molar-refractivity contribution in [2.45, 2.75) is 26.5 Å². The van der Waals surface area contributed by atoms with Gasteiger partial charge >= 0.3 is 5.97 Å². The number of carbonyl (C=O) groups is 1. The number of non-ortho nitro benzene ring substituents is 1. The number of nitrogens with zero attached hydrogens (tertiary/aromatic N) is 3. The average Bonchev–Trinajstić information content (AvgIpc) is 3.38. The van der Waals surface area contributed by atoms with Crippen LogP contribution in [0.2, 0.25) is 0 Å². The van der Waals surface area contributed by atoms with Gasteiger partial charge in [0.05, 0.1) is 48.5 Å². The van der Waals surface area contributed by atoms with Crippen LogP contribution in [0, 0.1) is 10.1 Å². The van der Waals surface area contributed by atoms with E-state index in [-0.39, 0.29) is 23.4 Å². The third kappa shape index (κ3) is 6.64. The maximum Gasteiger partial charge on any atom is 0.337 e. The highest BCUT2D eigenvalue weighted by atomic mass is 32.1. The van der Waals surface area contributed by atoms with Crippen LogP contribution in [0.1, 0.15) is 36.6 Å². The van der Waals surface area contributed by atoms with Gasteiger partial charge in [0.1, 0.15) is 6.61 Å². The first-order chi connectivity index (χ1) is 22.3. The van der Waals surface area contributed by atoms with Gasteiger partial charge in [-0.15, -0.1) is 0 Å². The van der Waals surface area contributed by atoms with Crippen LogP contribution in [-0.4, -0.2) is 42.9 Å². The van der Waals surface area contributed by atoms with E-state index >= 15 is 0 Å². The molecule has 0 spiro atoms. The summed E-state index contributed by atoms with van der Waals surface area (Å²) in [5.74, 6) is 1.27. The van der Waals surface area contributed by atoms with Crippen LogP contribution >= 0.6 is 11.3 Å². The molecule has 4 aromatic rings. The fraction of sp³-hybridized carbons (Fsp3) is 0.242. The van der Waals surface area contributed by atoms with Gasteiger partial charge in [-0.3, -0.25) is 19.5 Å². The number of thiazole rings is 1. The predicted octanol–water partition coefficient (Wildman–Crippen LogP) is 4.31. The Bertz CT molecular complexity index is 2000. The highest BCUT2D eigenvalue weighted by molar-refractivity contribution is 7.07. The zero-order valence-electron chi connectivity index (χ0n) is 25.6. The number of carbonyl (C=O) groups excluding carboxylic acids is 1. The minimum Gasteiger partial charge on any atom is -0.493 e. The Labute approximate surface area is 267 Å². The van der Waals surface area contributed by atoms with Crippen molar-refractivity contribution < 1.29 is 33.4 Å². The quantitative estimate of drug-likeness (QED) is 0.125. The topological polar surface area (TPSA) is 141 Å². The van der Waals surface area contributed by atoms with Gasteiger partial charge in [0.25, 0.3) is 11.2 Å². The molecule has 0 bridgehead atoms. The maximum absolute atomic E-state index is 13.9. The van der Waals surface area contributed by atoms with E-state index in [9.17, 15) is 19.7 Å². The minimum absolute atomic E-state index is 0.0249. The predicted molar refractivity (Wildman–Crippen MR) is 170 cm³/mol. The van der Waals surface area contributed by atoms with Gasteiger partial charge in [-0.25, -0.2) is 9.79 Å². The van der Waals surface area contributed by atoms with Crippen molar-refractivity contribution in [2.24, 2.45) is 4.99 Å². The van der Waals surface area contributed by atoms with Crippen LogP contribution < -0.4 is 33.8 Å². The van der Waals surface area contributed by atoms with E-state index in [0.717, 1.165) is 0 Å². The van der Waals surface area contributed by atoms with E-state index in [1.54, 1.807) is 54.6 Å². The molecule has 0 unspecified atom stereocenters. The number of nitro groups is 1. The smallest absolute Gasteiger partial charge is 0.337 e. The number of fused-ring (bicyclic) bond motifs is 1. The number of methoxy groups -OCH3 is 2. The van der Waals surface area contributed by atoms with Gasteiger partial charge < -0.3 is 23.7 Å². The third-order valence-corrected chi connectivity index (χ3v) is 8.01. The first kappa shape index (κ1) is 32.0. The van der Waals surface area contributed by atoms with Crippen molar-refractivity contribution in [3.05, 3.63) is 119 Å². The molecular formula is C33H31N3O9S. The number of benzene rings is 3. The highest BCUT2D eigenvalue weighted by Gasteiger charge is 2.31. The molecular weight excluding hydrogens is 614 g/mol. The molecule has 1 aliphatic heterocycles. The second-order valence-corrected chi connectivity index (χ2v) is 10.9. The Morgan fingerprint density at radius 3 is 2.43 bits per heavy atom. The Kier molecular flexibility index (Phi) is 9.82. The number of ether oxygens (including phenoxy) is 5. The van der Waals surface area contributed by atoms with E-state index in [2.05, 4.69) is 4.99 Å². The molecule has 2 heterocycles. The van der Waals surface area contributed by atoms with Crippen molar-refractivity contribution >= 4 is 29.1 Å². The fourth-order valence-electron chi connectivity index (χ4n) is 4.95. The number of rotatable bonds is 12. The summed E-state index contributed by atoms with van der Waals surface area (Å²) in [7, 11) is 2.77. The van der Waals surface area contributed by atoms with Crippen LogP contribution in [0.25, 0.3) is 6.08 Å². The molecule has 46 heavy (non-hydrogen) atoms. The molecule has 0 aliphatic carbocycles. The van der Waals surface area contributed by atoms with Crippen molar-refractivity contribution in [1.82, 2.24) is 4.57 Å². The minimum atomic E-state index is -0.820. The molecule has 0 radical (unpaired) electrons. The number of aromatic nitrogens is 1. The molecule has 1 aromatic heterocycles. The number of esters is 1. The van der Waals surface area contributed by atoms with Crippen molar-refractivity contribution in [1.29, 1.82) is 0 Å². The lowest BCUT2D eigenvalue weighted by atomic mass is 9.97. The van der Waals surface area contributed by atoms with Crippen molar-refractivity contribution in [2.75, 3.05) is 27.4 Å². The summed E-state index contributed by atoms with van der Waals surface area (Å²) in [6.45, 7) is 4.66. The van der Waals surface area contributed by atoms with E-state index in [4.69, 9.17) is 23.7 Å². The molecule has 0 fully saturated rings. The average molecular weight is 646 g/mol. The number of hydrogen-bond donors (Lipinski definition) is 0. The SMILES string of the molecule is CCOc1ccc([C@H]2C(C(=O)OC)=CN=c3s/c(=C\c4ccc(OCc5cccc([N+](=O)[O-])c5)c(OC)c4)c(=O)n32)cc1OCC. The van der Waals surface area contributed by atoms with Gasteiger partial charge in [-0.1, -0.05) is 35.6 Å². The van der Waals surface area contributed by atoms with Gasteiger partial charge in [0.15, 0.2) is 27.8 Å². The van der Waals surface area contributed by atoms with Gasteiger partial charge in [0, 0.05) is 18.3 Å². The van der Waals surface area contributed by atoms with Gasteiger partial charge in [-0.05, 0) is 60.9 Å². The zero-order valence-corrected chi connectivity index (χ0v) is 26.4. The number of hydrogen-bond acceptors (Lipinski definition) is 11. The summed E-state index contributed by atoms with van der Waals surface area (Å²) in [5, 5.41) is 11.1. The van der Waals surface area contributed by atoms with E-state index in [0.29, 0.717) is 62.2 Å². The summed E-state index contributed by atoms with van der Waals surface area (Å²) in [6.07, 6.45) is 3.14. The van der Waals surface area contributed by atoms with E-state index in [1.807, 2.05) is 13.8 Å². The second-order valence-electron chi connectivity index (χ2n) is 9.87. The first-order valence-electron chi connectivity index (χ1n) is 14.3. The van der Waals surface area contributed by atoms with Gasteiger partial charge in [-0.2, -0.15) is 0 Å². The Hall–Kier alpha value is -5.43. The third-order valence-electron chi connectivity index (χ3n) is 7.01. The summed E-state index contributed by atoms with van der Waals surface area (Å²) < 4.78 is 29.8. The molecule has 13 heteroatoms. The molecule has 0 saturated carbocycles. The summed E-state index contributed by atoms with van der Waals surface area (Å²) in [6, 6.07) is 15.9. The lowest BCUT2D eigenvalue weighted by molar-refractivity contribution is -0.384. The Morgan fingerprint density at radius 2 is 1.72 bits per heavy atom. The standard InChI is InChI=1S/C33H31N3O9S/c1-5-43-26-13-11-22(17-28(26)44-6-2)30-24(32(38)42-4)18-34-33-35(30)31(37)29(46-33)16-20-10-12-25(27(15-20)41-3)45-19-21-8-7-9-23(14-21)36(39)40/h7-18,30H,5-6,19H2,1-4H3/b29-16-/t30-/m0/s1. The van der Waals surface area contributed by atoms with Crippen LogP contribution in [0.4, 0.5) is 5.69 Å². The zero-order chi connectivity index (χ0) is 32.8. The van der Waals surface area contributed by atoms with Crippen LogP contribution in [0.5, 0.6) is 23.0 Å². The van der Waals surface area contributed by atoms with Crippen molar-refractivity contribution in [3.63, 3.8) is 0 Å². The molecule has 238 valence electrons. The Morgan fingerprint density at radius 1 is 0.978 bits per heavy atom. The number of nitro benzene ring substituents is 1. The molecule has 12 nitrogen and oxygen atoms in total.